The minimum Gasteiger partial charge on any atom is -0.508 e. The van der Waals surface area contributed by atoms with Gasteiger partial charge >= 0.3 is 0 Å². The Morgan fingerprint density at radius 2 is 1.90 bits per heavy atom. The number of hydrogen-bond donors (Lipinski definition) is 4. The summed E-state index contributed by atoms with van der Waals surface area (Å²) in [6, 6.07) is 8.94. The highest BCUT2D eigenvalue weighted by molar-refractivity contribution is 6.33. The summed E-state index contributed by atoms with van der Waals surface area (Å²) in [4.78, 5) is 0. The molecule has 0 saturated heterocycles. The zero-order valence-corrected chi connectivity index (χ0v) is 12.2. The van der Waals surface area contributed by atoms with Gasteiger partial charge in [0, 0.05) is 12.5 Å². The molecule has 110 valence electrons. The minimum absolute atomic E-state index is 0.0400. The van der Waals surface area contributed by atoms with Gasteiger partial charge in [0.15, 0.2) is 5.75 Å². The van der Waals surface area contributed by atoms with Crippen molar-refractivity contribution in [2.45, 2.75) is 12.3 Å². The van der Waals surface area contributed by atoms with E-state index in [0.29, 0.717) is 10.7 Å². The van der Waals surface area contributed by atoms with E-state index in [1.807, 2.05) is 12.1 Å². The summed E-state index contributed by atoms with van der Waals surface area (Å²) in [6.07, 6.45) is 0.747. The maximum absolute atomic E-state index is 9.94. The topological polar surface area (TPSA) is 78.5 Å². The van der Waals surface area contributed by atoms with Crippen LogP contribution in [0.4, 0.5) is 5.69 Å². The SMILES string of the molecule is Nc1cc2c(c(Cl)c1O)CCNCC2c1ccc(O)cc1. The van der Waals surface area contributed by atoms with Crippen molar-refractivity contribution in [2.75, 3.05) is 18.8 Å². The first-order valence-electron chi connectivity index (χ1n) is 6.87. The first-order valence-corrected chi connectivity index (χ1v) is 7.25. The summed E-state index contributed by atoms with van der Waals surface area (Å²) >= 11 is 6.27. The molecule has 0 saturated carbocycles. The molecule has 0 aliphatic carbocycles. The highest BCUT2D eigenvalue weighted by Crippen LogP contribution is 2.41. The Bertz CT molecular complexity index is 671. The number of nitrogen functional groups attached to an aromatic ring is 1. The van der Waals surface area contributed by atoms with Crippen LogP contribution in [0.5, 0.6) is 11.5 Å². The van der Waals surface area contributed by atoms with Crippen molar-refractivity contribution in [3.63, 3.8) is 0 Å². The third-order valence-corrected chi connectivity index (χ3v) is 4.38. The van der Waals surface area contributed by atoms with E-state index in [0.717, 1.165) is 36.2 Å². The Morgan fingerprint density at radius 3 is 2.62 bits per heavy atom. The largest absolute Gasteiger partial charge is 0.508 e. The Balaban J connectivity index is 2.14. The Kier molecular flexibility index (Phi) is 3.66. The van der Waals surface area contributed by atoms with Crippen molar-refractivity contribution < 1.29 is 10.2 Å². The van der Waals surface area contributed by atoms with E-state index in [-0.39, 0.29) is 17.4 Å². The summed E-state index contributed by atoms with van der Waals surface area (Å²) in [5, 5.41) is 23.1. The van der Waals surface area contributed by atoms with Gasteiger partial charge in [0.05, 0.1) is 10.7 Å². The quantitative estimate of drug-likeness (QED) is 0.482. The highest BCUT2D eigenvalue weighted by Gasteiger charge is 2.24. The maximum Gasteiger partial charge on any atom is 0.157 e. The van der Waals surface area contributed by atoms with Crippen LogP contribution in [0.1, 0.15) is 22.6 Å². The second kappa shape index (κ2) is 5.47. The molecule has 1 aliphatic rings. The predicted molar refractivity (Wildman–Crippen MR) is 84.1 cm³/mol. The van der Waals surface area contributed by atoms with Crippen LogP contribution in [0.2, 0.25) is 5.02 Å². The minimum atomic E-state index is -0.0400. The summed E-state index contributed by atoms with van der Waals surface area (Å²) in [6.45, 7) is 1.56. The van der Waals surface area contributed by atoms with Crippen LogP contribution in [0, 0.1) is 0 Å². The molecular weight excluding hydrogens is 288 g/mol. The fourth-order valence-corrected chi connectivity index (χ4v) is 3.17. The predicted octanol–water partition coefficient (Wildman–Crippen LogP) is 2.61. The number of nitrogens with one attached hydrogen (secondary N) is 1. The lowest BCUT2D eigenvalue weighted by Gasteiger charge is -2.20. The first-order chi connectivity index (χ1) is 10.1. The van der Waals surface area contributed by atoms with Crippen LogP contribution in [0.25, 0.3) is 0 Å². The third kappa shape index (κ3) is 2.52. The lowest BCUT2D eigenvalue weighted by Crippen LogP contribution is -2.20. The number of hydrogen-bond acceptors (Lipinski definition) is 4. The van der Waals surface area contributed by atoms with Gasteiger partial charge in [-0.15, -0.1) is 0 Å². The summed E-state index contributed by atoms with van der Waals surface area (Å²) in [5.41, 5.74) is 9.20. The maximum atomic E-state index is 9.94. The van der Waals surface area contributed by atoms with E-state index in [1.165, 1.54) is 0 Å². The fraction of sp³-hybridized carbons (Fsp3) is 0.250. The van der Waals surface area contributed by atoms with Gasteiger partial charge in [0.25, 0.3) is 0 Å². The molecule has 0 spiro atoms. The molecule has 1 aliphatic heterocycles. The van der Waals surface area contributed by atoms with Crippen LogP contribution in [0.15, 0.2) is 30.3 Å². The lowest BCUT2D eigenvalue weighted by atomic mass is 9.87. The molecule has 3 rings (SSSR count). The van der Waals surface area contributed by atoms with Gasteiger partial charge in [-0.2, -0.15) is 0 Å². The number of phenolic OH excluding ortho intramolecular Hbond substituents is 2. The van der Waals surface area contributed by atoms with Crippen molar-refractivity contribution in [3.8, 4) is 11.5 Å². The monoisotopic (exact) mass is 304 g/mol. The smallest absolute Gasteiger partial charge is 0.157 e. The number of halogens is 1. The van der Waals surface area contributed by atoms with Gasteiger partial charge in [-0.1, -0.05) is 23.7 Å². The molecule has 0 aromatic heterocycles. The molecule has 2 aromatic carbocycles. The van der Waals surface area contributed by atoms with Crippen molar-refractivity contribution in [1.82, 2.24) is 5.32 Å². The normalized spacial score (nSPS) is 18.0. The van der Waals surface area contributed by atoms with E-state index in [9.17, 15) is 10.2 Å². The molecule has 0 amide bonds. The van der Waals surface area contributed by atoms with Gasteiger partial charge in [0.1, 0.15) is 5.75 Å². The van der Waals surface area contributed by atoms with Gasteiger partial charge in [-0.25, -0.2) is 0 Å². The lowest BCUT2D eigenvalue weighted by molar-refractivity contribution is 0.475. The number of rotatable bonds is 1. The zero-order chi connectivity index (χ0) is 15.0. The molecule has 0 bridgehead atoms. The molecule has 0 radical (unpaired) electrons. The average Bonchev–Trinajstić information content (AvgIpc) is 2.68. The molecule has 5 heteroatoms. The Labute approximate surface area is 128 Å². The van der Waals surface area contributed by atoms with E-state index >= 15 is 0 Å². The molecule has 21 heavy (non-hydrogen) atoms. The third-order valence-electron chi connectivity index (χ3n) is 3.98. The van der Waals surface area contributed by atoms with E-state index < -0.39 is 0 Å². The Morgan fingerprint density at radius 1 is 1.19 bits per heavy atom. The number of phenols is 2. The molecule has 1 heterocycles. The molecule has 4 nitrogen and oxygen atoms in total. The van der Waals surface area contributed by atoms with Gasteiger partial charge < -0.3 is 21.3 Å². The van der Waals surface area contributed by atoms with E-state index in [4.69, 9.17) is 17.3 Å². The molecule has 2 aromatic rings. The average molecular weight is 305 g/mol. The standard InChI is InChI=1S/C16H17ClN2O2/c17-15-11-5-6-19-8-13(9-1-3-10(20)4-2-9)12(11)7-14(18)16(15)21/h1-4,7,13,19-21H,5-6,8,18H2. The zero-order valence-electron chi connectivity index (χ0n) is 11.4. The van der Waals surface area contributed by atoms with Crippen molar-refractivity contribution in [3.05, 3.63) is 52.0 Å². The van der Waals surface area contributed by atoms with Gasteiger partial charge in [0.2, 0.25) is 0 Å². The second-order valence-corrected chi connectivity index (χ2v) is 5.67. The summed E-state index contributed by atoms with van der Waals surface area (Å²) in [7, 11) is 0. The van der Waals surface area contributed by atoms with Crippen molar-refractivity contribution in [1.29, 1.82) is 0 Å². The van der Waals surface area contributed by atoms with E-state index in [1.54, 1.807) is 18.2 Å². The molecule has 1 unspecified atom stereocenters. The van der Waals surface area contributed by atoms with Crippen LogP contribution < -0.4 is 11.1 Å². The number of benzene rings is 2. The number of anilines is 1. The Hall–Kier alpha value is -1.91. The van der Waals surface area contributed by atoms with Crippen molar-refractivity contribution >= 4 is 17.3 Å². The number of nitrogens with two attached hydrogens (primary N) is 1. The fourth-order valence-electron chi connectivity index (χ4n) is 2.86. The molecule has 5 N–H and O–H groups in total. The van der Waals surface area contributed by atoms with Crippen LogP contribution >= 0.6 is 11.6 Å². The first kappa shape index (κ1) is 14.0. The summed E-state index contributed by atoms with van der Waals surface area (Å²) < 4.78 is 0. The van der Waals surface area contributed by atoms with Crippen molar-refractivity contribution in [2.24, 2.45) is 0 Å². The number of aromatic hydroxyl groups is 2. The highest BCUT2D eigenvalue weighted by atomic mass is 35.5. The number of fused-ring (bicyclic) bond motifs is 1. The van der Waals surface area contributed by atoms with Crippen LogP contribution in [-0.4, -0.2) is 23.3 Å². The van der Waals surface area contributed by atoms with Crippen LogP contribution in [-0.2, 0) is 6.42 Å². The molecular formula is C16H17ClN2O2. The van der Waals surface area contributed by atoms with Crippen LogP contribution in [0.3, 0.4) is 0 Å². The second-order valence-electron chi connectivity index (χ2n) is 5.29. The summed E-state index contributed by atoms with van der Waals surface area (Å²) in [5.74, 6) is 0.286. The molecule has 1 atom stereocenters. The van der Waals surface area contributed by atoms with E-state index in [2.05, 4.69) is 5.32 Å². The van der Waals surface area contributed by atoms with Gasteiger partial charge in [-0.3, -0.25) is 0 Å². The molecule has 0 fully saturated rings. The van der Waals surface area contributed by atoms with Gasteiger partial charge in [-0.05, 0) is 47.9 Å².